The highest BCUT2D eigenvalue weighted by molar-refractivity contribution is 6.01. The molecule has 0 aromatic heterocycles. The van der Waals surface area contributed by atoms with Crippen LogP contribution in [0.4, 0.5) is 0 Å². The molecule has 3 N–H and O–H groups in total. The number of hydrogen-bond acceptors (Lipinski definition) is 11. The van der Waals surface area contributed by atoms with Crippen LogP contribution < -0.4 is 0 Å². The van der Waals surface area contributed by atoms with E-state index in [2.05, 4.69) is 0 Å². The van der Waals surface area contributed by atoms with E-state index in [9.17, 15) is 34.5 Å². The molecule has 39 heavy (non-hydrogen) atoms. The van der Waals surface area contributed by atoms with Gasteiger partial charge in [0.05, 0.1) is 30.0 Å². The van der Waals surface area contributed by atoms with Crippen LogP contribution >= 0.6 is 0 Å². The van der Waals surface area contributed by atoms with Gasteiger partial charge in [-0.3, -0.25) is 9.59 Å². The van der Waals surface area contributed by atoms with E-state index in [1.807, 2.05) is 0 Å². The van der Waals surface area contributed by atoms with Crippen LogP contribution in [0, 0.1) is 28.6 Å². The average molecular weight is 543 g/mol. The Bertz CT molecular complexity index is 1380. The SMILES string of the molecule is CC12C(=O)C=CCC1=CC(O)C1C2CCC2(O)C(=O)OC3(C)C4CC5(C)C6C(=O)C1(OCC5(O)C(=O)O4)OC623. The van der Waals surface area contributed by atoms with Crippen molar-refractivity contribution in [3.05, 3.63) is 23.8 Å². The lowest BCUT2D eigenvalue weighted by molar-refractivity contribution is -0.393. The van der Waals surface area contributed by atoms with E-state index in [0.29, 0.717) is 12.0 Å². The van der Waals surface area contributed by atoms with Gasteiger partial charge in [-0.2, -0.15) is 0 Å². The molecule has 0 aromatic carbocycles. The molecule has 6 fully saturated rings. The minimum Gasteiger partial charge on any atom is -0.456 e. The molecule has 12 unspecified atom stereocenters. The molecule has 5 heterocycles. The van der Waals surface area contributed by atoms with Crippen LogP contribution in [0.25, 0.3) is 0 Å². The third kappa shape index (κ3) is 2.06. The number of aliphatic hydroxyl groups excluding tert-OH is 1. The van der Waals surface area contributed by atoms with Gasteiger partial charge in [0.1, 0.15) is 6.10 Å². The number of rotatable bonds is 0. The first kappa shape index (κ1) is 24.4. The molecule has 8 aliphatic rings. The van der Waals surface area contributed by atoms with Crippen molar-refractivity contribution in [2.45, 2.75) is 86.9 Å². The Hall–Kier alpha value is -2.44. The summed E-state index contributed by atoms with van der Waals surface area (Å²) < 4.78 is 24.5. The highest BCUT2D eigenvalue weighted by atomic mass is 16.8. The second kappa shape index (κ2) is 6.38. The molecule has 0 amide bonds. The Morgan fingerprint density at radius 1 is 1.03 bits per heavy atom. The van der Waals surface area contributed by atoms with Crippen molar-refractivity contribution in [2.24, 2.45) is 28.6 Å². The van der Waals surface area contributed by atoms with E-state index in [0.717, 1.165) is 0 Å². The number of hydrogen-bond donors (Lipinski definition) is 3. The van der Waals surface area contributed by atoms with Crippen molar-refractivity contribution in [2.75, 3.05) is 6.61 Å². The highest BCUT2D eigenvalue weighted by Crippen LogP contribution is 2.75. The summed E-state index contributed by atoms with van der Waals surface area (Å²) in [5.41, 5.74) is -10.6. The van der Waals surface area contributed by atoms with E-state index in [-0.39, 0.29) is 25.0 Å². The van der Waals surface area contributed by atoms with Gasteiger partial charge in [-0.25, -0.2) is 9.59 Å². The summed E-state index contributed by atoms with van der Waals surface area (Å²) in [5.74, 6) is -8.61. The zero-order chi connectivity index (χ0) is 27.8. The first-order chi connectivity index (χ1) is 18.2. The predicted octanol–water partition coefficient (Wildman–Crippen LogP) is -0.357. The van der Waals surface area contributed by atoms with Gasteiger partial charge in [0.15, 0.2) is 34.0 Å². The minimum atomic E-state index is -2.39. The van der Waals surface area contributed by atoms with Gasteiger partial charge < -0.3 is 34.3 Å². The summed E-state index contributed by atoms with van der Waals surface area (Å²) >= 11 is 0. The number of ketones is 2. The lowest BCUT2D eigenvalue weighted by Crippen LogP contribution is -2.82. The summed E-state index contributed by atoms with van der Waals surface area (Å²) in [6.45, 7) is 4.11. The fourth-order valence-electron chi connectivity index (χ4n) is 10.0. The van der Waals surface area contributed by atoms with Gasteiger partial charge in [-0.15, -0.1) is 0 Å². The normalized spacial score (nSPS) is 59.9. The molecule has 12 atom stereocenters. The summed E-state index contributed by atoms with van der Waals surface area (Å²) in [5, 5.41) is 35.9. The number of aliphatic hydroxyl groups is 3. The molecule has 5 saturated heterocycles. The summed E-state index contributed by atoms with van der Waals surface area (Å²) in [6, 6.07) is 0. The maximum atomic E-state index is 14.9. The zero-order valence-corrected chi connectivity index (χ0v) is 21.8. The molecule has 2 spiro atoms. The highest BCUT2D eigenvalue weighted by Gasteiger charge is 2.95. The van der Waals surface area contributed by atoms with E-state index in [1.54, 1.807) is 26.0 Å². The molecule has 8 rings (SSSR count). The Kier molecular flexibility index (Phi) is 3.99. The van der Waals surface area contributed by atoms with Crippen molar-refractivity contribution >= 4 is 23.5 Å². The molecular weight excluding hydrogens is 512 g/mol. The van der Waals surface area contributed by atoms with E-state index in [4.69, 9.17) is 18.9 Å². The second-order valence-corrected chi connectivity index (χ2v) is 13.4. The molecule has 0 aromatic rings. The Balaban J connectivity index is 1.46. The Morgan fingerprint density at radius 2 is 1.77 bits per heavy atom. The van der Waals surface area contributed by atoms with Crippen molar-refractivity contribution in [1.29, 1.82) is 0 Å². The number of allylic oxidation sites excluding steroid dienone is 3. The largest absolute Gasteiger partial charge is 0.456 e. The minimum absolute atomic E-state index is 0.0439. The van der Waals surface area contributed by atoms with Crippen LogP contribution in [-0.2, 0) is 38.1 Å². The van der Waals surface area contributed by atoms with Crippen LogP contribution in [-0.4, -0.2) is 85.8 Å². The molecule has 5 bridgehead atoms. The van der Waals surface area contributed by atoms with Gasteiger partial charge >= 0.3 is 11.9 Å². The van der Waals surface area contributed by atoms with Crippen molar-refractivity contribution in [3.8, 4) is 0 Å². The van der Waals surface area contributed by atoms with Gasteiger partial charge in [0.2, 0.25) is 5.79 Å². The molecule has 11 nitrogen and oxygen atoms in total. The fourth-order valence-corrected chi connectivity index (χ4v) is 10.0. The fraction of sp³-hybridized carbons (Fsp3) is 0.714. The van der Waals surface area contributed by atoms with E-state index >= 15 is 0 Å². The number of carbonyl (C=O) groups excluding carboxylic acids is 4. The van der Waals surface area contributed by atoms with Gasteiger partial charge in [0.25, 0.3) is 0 Å². The monoisotopic (exact) mass is 542 g/mol. The molecule has 1 saturated carbocycles. The van der Waals surface area contributed by atoms with Gasteiger partial charge in [-0.1, -0.05) is 24.6 Å². The second-order valence-electron chi connectivity index (χ2n) is 13.4. The number of carbonyl (C=O) groups is 4. The van der Waals surface area contributed by atoms with Crippen molar-refractivity contribution in [1.82, 2.24) is 0 Å². The third-order valence-electron chi connectivity index (χ3n) is 12.2. The van der Waals surface area contributed by atoms with E-state index in [1.165, 1.54) is 13.0 Å². The van der Waals surface area contributed by atoms with Gasteiger partial charge in [-0.05, 0) is 51.5 Å². The zero-order valence-electron chi connectivity index (χ0n) is 21.8. The van der Waals surface area contributed by atoms with Crippen LogP contribution in [0.5, 0.6) is 0 Å². The van der Waals surface area contributed by atoms with E-state index < -0.39 is 93.3 Å². The molecule has 0 radical (unpaired) electrons. The van der Waals surface area contributed by atoms with Crippen LogP contribution in [0.2, 0.25) is 0 Å². The molecular formula is C28H30O11. The van der Waals surface area contributed by atoms with Crippen LogP contribution in [0.1, 0.15) is 46.5 Å². The first-order valence-electron chi connectivity index (χ1n) is 13.6. The topological polar surface area (TPSA) is 166 Å². The van der Waals surface area contributed by atoms with Crippen molar-refractivity contribution < 1.29 is 53.4 Å². The third-order valence-corrected chi connectivity index (χ3v) is 12.2. The number of esters is 2. The quantitative estimate of drug-likeness (QED) is 0.270. The first-order valence-corrected chi connectivity index (χ1v) is 13.6. The maximum Gasteiger partial charge on any atom is 0.342 e. The van der Waals surface area contributed by atoms with Crippen LogP contribution in [0.15, 0.2) is 23.8 Å². The average Bonchev–Trinajstić information content (AvgIpc) is 3.21. The van der Waals surface area contributed by atoms with Crippen LogP contribution in [0.3, 0.4) is 0 Å². The predicted molar refractivity (Wildman–Crippen MR) is 125 cm³/mol. The number of fused-ring (bicyclic) bond motifs is 5. The lowest BCUT2D eigenvalue weighted by Gasteiger charge is -2.64. The van der Waals surface area contributed by atoms with Crippen molar-refractivity contribution in [3.63, 3.8) is 0 Å². The molecule has 208 valence electrons. The maximum absolute atomic E-state index is 14.9. The smallest absolute Gasteiger partial charge is 0.342 e. The van der Waals surface area contributed by atoms with Gasteiger partial charge in [0, 0.05) is 5.41 Å². The number of Topliss-reactive ketones (excluding diaryl/α,β-unsaturated/α-hetero) is 1. The molecule has 3 aliphatic carbocycles. The summed E-state index contributed by atoms with van der Waals surface area (Å²) in [6.07, 6.45) is 2.53. The number of ether oxygens (including phenoxy) is 4. The lowest BCUT2D eigenvalue weighted by atomic mass is 9.45. The Morgan fingerprint density at radius 3 is 2.51 bits per heavy atom. The Labute approximate surface area is 223 Å². The molecule has 11 heteroatoms. The standard InChI is InChI=1S/C28H30O11/c1-22-10-16-24(3)28-18(22)19(31)27(39-28,36-11-26(22,35)20(32)37-16)17-13(7-8-25(28,34)21(33)38-24)23(2)12(9-14(17)29)5-4-6-15(23)30/h4,6,9,13-14,16-18,29,34-35H,5,7-8,10-11H2,1-3H3. The summed E-state index contributed by atoms with van der Waals surface area (Å²) in [7, 11) is 0. The molecule has 5 aliphatic heterocycles. The summed E-state index contributed by atoms with van der Waals surface area (Å²) in [4.78, 5) is 55.5.